The summed E-state index contributed by atoms with van der Waals surface area (Å²) in [5.41, 5.74) is 19.3. The van der Waals surface area contributed by atoms with Gasteiger partial charge in [0.05, 0.1) is 0 Å². The highest BCUT2D eigenvalue weighted by Gasteiger charge is 2.16. The molecule has 62 heavy (non-hydrogen) atoms. The van der Waals surface area contributed by atoms with Crippen LogP contribution in [-0.2, 0) is 0 Å². The van der Waals surface area contributed by atoms with Gasteiger partial charge in [-0.2, -0.15) is 0 Å². The van der Waals surface area contributed by atoms with Crippen LogP contribution in [0.4, 0.5) is 17.1 Å². The first kappa shape index (κ1) is 36.8. The summed E-state index contributed by atoms with van der Waals surface area (Å²) in [6, 6.07) is 89.1. The van der Waals surface area contributed by atoms with Crippen molar-refractivity contribution < 1.29 is 4.42 Å². The lowest BCUT2D eigenvalue weighted by Crippen LogP contribution is -2.10. The van der Waals surface area contributed by atoms with Gasteiger partial charge in [0.2, 0.25) is 0 Å². The molecule has 0 aliphatic rings. The zero-order valence-corrected chi connectivity index (χ0v) is 34.0. The predicted molar refractivity (Wildman–Crippen MR) is 261 cm³/mol. The number of anilines is 3. The van der Waals surface area contributed by atoms with Crippen LogP contribution >= 0.6 is 0 Å². The van der Waals surface area contributed by atoms with Crippen LogP contribution in [0.1, 0.15) is 0 Å². The molecule has 0 bridgehead atoms. The van der Waals surface area contributed by atoms with Crippen LogP contribution in [0.3, 0.4) is 0 Å². The molecular weight excluding hydrogens is 751 g/mol. The van der Waals surface area contributed by atoms with Crippen molar-refractivity contribution in [1.29, 1.82) is 0 Å². The van der Waals surface area contributed by atoms with Gasteiger partial charge in [-0.1, -0.05) is 176 Å². The minimum Gasteiger partial charge on any atom is -0.456 e. The van der Waals surface area contributed by atoms with Crippen LogP contribution in [0.25, 0.3) is 88.7 Å². The molecule has 0 atom stereocenters. The fraction of sp³-hybridized carbons (Fsp3) is 0. The number of nitrogens with zero attached hydrogens (tertiary/aromatic N) is 1. The van der Waals surface area contributed by atoms with Gasteiger partial charge in [-0.15, -0.1) is 0 Å². The molecule has 11 rings (SSSR count). The average Bonchev–Trinajstić information content (AvgIpc) is 3.73. The summed E-state index contributed by atoms with van der Waals surface area (Å²) >= 11 is 0. The summed E-state index contributed by atoms with van der Waals surface area (Å²) < 4.78 is 6.14. The molecule has 292 valence electrons. The molecule has 0 aliphatic heterocycles. The van der Waals surface area contributed by atoms with Gasteiger partial charge < -0.3 is 9.32 Å². The average molecular weight is 792 g/mol. The standard InChI is InChI=1S/C60H41NO/c1-3-13-42(14-4-1)46-17-9-19-48(37-46)44-27-32-54(33-28-44)61(55-34-29-45(30-35-55)49-20-10-18-47(38-49)43-15-5-2-6-16-43)56-24-12-23-52(40-56)50-21-11-22-51(39-50)53-31-36-60-58(41-53)57-25-7-8-26-59(57)62-60/h1-41H. The van der Waals surface area contributed by atoms with Crippen molar-refractivity contribution in [2.45, 2.75) is 0 Å². The Kier molecular flexibility index (Phi) is 9.57. The summed E-state index contributed by atoms with van der Waals surface area (Å²) in [5, 5.41) is 2.27. The number of rotatable bonds is 9. The molecule has 0 saturated carbocycles. The van der Waals surface area contributed by atoms with Crippen LogP contribution in [0.5, 0.6) is 0 Å². The van der Waals surface area contributed by atoms with Gasteiger partial charge in [-0.3, -0.25) is 0 Å². The van der Waals surface area contributed by atoms with Gasteiger partial charge in [-0.05, 0) is 140 Å². The van der Waals surface area contributed by atoms with Crippen LogP contribution in [-0.4, -0.2) is 0 Å². The van der Waals surface area contributed by atoms with E-state index in [4.69, 9.17) is 4.42 Å². The molecule has 10 aromatic carbocycles. The summed E-state index contributed by atoms with van der Waals surface area (Å²) in [4.78, 5) is 2.36. The second-order valence-electron chi connectivity index (χ2n) is 15.8. The van der Waals surface area contributed by atoms with E-state index in [2.05, 4.69) is 241 Å². The Hall–Kier alpha value is -8.20. The third-order valence-corrected chi connectivity index (χ3v) is 11.9. The lowest BCUT2D eigenvalue weighted by molar-refractivity contribution is 0.669. The number of benzene rings is 10. The molecule has 0 radical (unpaired) electrons. The van der Waals surface area contributed by atoms with Crippen molar-refractivity contribution >= 4 is 39.0 Å². The Morgan fingerprint density at radius 1 is 0.210 bits per heavy atom. The van der Waals surface area contributed by atoms with Crippen molar-refractivity contribution in [3.63, 3.8) is 0 Å². The first-order valence-electron chi connectivity index (χ1n) is 21.1. The Morgan fingerprint density at radius 2 is 0.565 bits per heavy atom. The molecule has 0 saturated heterocycles. The third-order valence-electron chi connectivity index (χ3n) is 11.9. The summed E-state index contributed by atoms with van der Waals surface area (Å²) in [6.45, 7) is 0. The minimum atomic E-state index is 0.904. The maximum atomic E-state index is 6.14. The topological polar surface area (TPSA) is 16.4 Å². The van der Waals surface area contributed by atoms with E-state index < -0.39 is 0 Å². The number of para-hydroxylation sites is 1. The molecule has 0 spiro atoms. The fourth-order valence-electron chi connectivity index (χ4n) is 8.68. The molecule has 1 aromatic heterocycles. The highest BCUT2D eigenvalue weighted by Crippen LogP contribution is 2.40. The van der Waals surface area contributed by atoms with Crippen LogP contribution in [0.15, 0.2) is 253 Å². The van der Waals surface area contributed by atoms with Crippen molar-refractivity contribution in [1.82, 2.24) is 0 Å². The lowest BCUT2D eigenvalue weighted by atomic mass is 9.97. The number of hydrogen-bond acceptors (Lipinski definition) is 2. The highest BCUT2D eigenvalue weighted by atomic mass is 16.3. The molecule has 2 heteroatoms. The summed E-state index contributed by atoms with van der Waals surface area (Å²) in [6.07, 6.45) is 0. The van der Waals surface area contributed by atoms with Gasteiger partial charge in [0, 0.05) is 27.8 Å². The van der Waals surface area contributed by atoms with Crippen LogP contribution in [0.2, 0.25) is 0 Å². The quantitative estimate of drug-likeness (QED) is 0.145. The second-order valence-corrected chi connectivity index (χ2v) is 15.8. The minimum absolute atomic E-state index is 0.904. The monoisotopic (exact) mass is 791 g/mol. The number of fused-ring (bicyclic) bond motifs is 3. The van der Waals surface area contributed by atoms with Gasteiger partial charge in [0.25, 0.3) is 0 Å². The zero-order chi connectivity index (χ0) is 41.2. The first-order valence-corrected chi connectivity index (χ1v) is 21.1. The van der Waals surface area contributed by atoms with Crippen molar-refractivity contribution in [2.75, 3.05) is 4.90 Å². The van der Waals surface area contributed by atoms with E-state index in [0.29, 0.717) is 0 Å². The van der Waals surface area contributed by atoms with E-state index in [9.17, 15) is 0 Å². The van der Waals surface area contributed by atoms with E-state index in [1.807, 2.05) is 12.1 Å². The van der Waals surface area contributed by atoms with Gasteiger partial charge in [-0.25, -0.2) is 0 Å². The Balaban J connectivity index is 0.961. The van der Waals surface area contributed by atoms with E-state index in [-0.39, 0.29) is 0 Å². The van der Waals surface area contributed by atoms with E-state index in [1.165, 1.54) is 44.5 Å². The maximum Gasteiger partial charge on any atom is 0.135 e. The Labute approximate surface area is 362 Å². The summed E-state index contributed by atoms with van der Waals surface area (Å²) in [7, 11) is 0. The predicted octanol–water partition coefficient (Wildman–Crippen LogP) is 17.1. The van der Waals surface area contributed by atoms with Crippen LogP contribution < -0.4 is 4.90 Å². The second kappa shape index (κ2) is 16.1. The third kappa shape index (κ3) is 7.25. The van der Waals surface area contributed by atoms with Gasteiger partial charge in [0.1, 0.15) is 11.2 Å². The number of furan rings is 1. The van der Waals surface area contributed by atoms with E-state index in [0.717, 1.165) is 61.3 Å². The molecular formula is C60H41NO. The normalized spacial score (nSPS) is 11.2. The SMILES string of the molecule is c1ccc(-c2cccc(-c3ccc(N(c4ccc(-c5cccc(-c6ccccc6)c5)cc4)c4cccc(-c5cccc(-c6ccc7oc8ccccc8c7c6)c5)c4)cc3)c2)cc1. The molecule has 0 aliphatic carbocycles. The van der Waals surface area contributed by atoms with Gasteiger partial charge in [0.15, 0.2) is 0 Å². The molecule has 1 heterocycles. The molecule has 0 unspecified atom stereocenters. The first-order chi connectivity index (χ1) is 30.7. The summed E-state index contributed by atoms with van der Waals surface area (Å²) in [5.74, 6) is 0. The Morgan fingerprint density at radius 3 is 1.08 bits per heavy atom. The smallest absolute Gasteiger partial charge is 0.135 e. The van der Waals surface area contributed by atoms with E-state index >= 15 is 0 Å². The van der Waals surface area contributed by atoms with Crippen molar-refractivity contribution in [3.8, 4) is 66.8 Å². The Bertz CT molecular complexity index is 3200. The lowest BCUT2D eigenvalue weighted by Gasteiger charge is -2.26. The molecule has 0 amide bonds. The largest absolute Gasteiger partial charge is 0.456 e. The highest BCUT2D eigenvalue weighted by molar-refractivity contribution is 6.06. The maximum absolute atomic E-state index is 6.14. The van der Waals surface area contributed by atoms with E-state index in [1.54, 1.807) is 0 Å². The van der Waals surface area contributed by atoms with Crippen LogP contribution in [0, 0.1) is 0 Å². The molecule has 0 fully saturated rings. The fourth-order valence-corrected chi connectivity index (χ4v) is 8.68. The molecule has 2 nitrogen and oxygen atoms in total. The zero-order valence-electron chi connectivity index (χ0n) is 34.0. The van der Waals surface area contributed by atoms with Crippen molar-refractivity contribution in [2.24, 2.45) is 0 Å². The molecule has 0 N–H and O–H groups in total. The van der Waals surface area contributed by atoms with Gasteiger partial charge >= 0.3 is 0 Å². The van der Waals surface area contributed by atoms with Crippen molar-refractivity contribution in [3.05, 3.63) is 249 Å². The molecule has 11 aromatic rings. The number of hydrogen-bond donors (Lipinski definition) is 0.